The van der Waals surface area contributed by atoms with Crippen LogP contribution in [0.25, 0.3) is 0 Å². The standard InChI is InChI=1S/C12H9FN2O5S2/c13-21(18,11-4-2-1-3-5-11)14-22(19,20)12-8-6-10(7-9-12)15(16)17/h1-9H. The van der Waals surface area contributed by atoms with Crippen LogP contribution < -0.4 is 0 Å². The van der Waals surface area contributed by atoms with Gasteiger partial charge in [0.2, 0.25) is 10.1 Å². The molecule has 0 N–H and O–H groups in total. The van der Waals surface area contributed by atoms with Crippen molar-refractivity contribution in [3.8, 4) is 0 Å². The predicted molar refractivity (Wildman–Crippen MR) is 76.7 cm³/mol. The third-order valence-electron chi connectivity index (χ3n) is 2.57. The van der Waals surface area contributed by atoms with Gasteiger partial charge in [-0.15, -0.1) is 3.89 Å². The van der Waals surface area contributed by atoms with Gasteiger partial charge < -0.3 is 0 Å². The molecule has 0 radical (unpaired) electrons. The number of hydrogen-bond donors (Lipinski definition) is 0. The molecule has 0 aliphatic heterocycles. The summed E-state index contributed by atoms with van der Waals surface area (Å²) in [6.07, 6.45) is 0. The minimum absolute atomic E-state index is 0.331. The Bertz CT molecular complexity index is 918. The van der Waals surface area contributed by atoms with Gasteiger partial charge in [0.15, 0.2) is 0 Å². The second-order valence-electron chi connectivity index (χ2n) is 4.07. The first-order chi connectivity index (χ1) is 10.2. The molecular formula is C12H9FN2O5S2. The number of nitro benzene ring substituents is 1. The molecule has 2 aromatic rings. The van der Waals surface area contributed by atoms with E-state index >= 15 is 0 Å². The molecule has 2 aromatic carbocycles. The van der Waals surface area contributed by atoms with Gasteiger partial charge >= 0.3 is 0 Å². The Morgan fingerprint density at radius 2 is 1.45 bits per heavy atom. The molecular weight excluding hydrogens is 335 g/mol. The van der Waals surface area contributed by atoms with Crippen LogP contribution >= 0.6 is 0 Å². The molecule has 116 valence electrons. The minimum Gasteiger partial charge on any atom is -0.258 e. The quantitative estimate of drug-likeness (QED) is 0.481. The van der Waals surface area contributed by atoms with Gasteiger partial charge in [0.1, 0.15) is 0 Å². The van der Waals surface area contributed by atoms with E-state index < -0.39 is 30.0 Å². The number of nitrogens with zero attached hydrogens (tertiary/aromatic N) is 2. The van der Waals surface area contributed by atoms with Gasteiger partial charge in [0.05, 0.1) is 14.7 Å². The molecule has 0 spiro atoms. The molecule has 0 fully saturated rings. The Morgan fingerprint density at radius 3 is 1.95 bits per heavy atom. The van der Waals surface area contributed by atoms with Crippen LogP contribution in [0.15, 0.2) is 68.2 Å². The largest absolute Gasteiger partial charge is 0.292 e. The molecule has 0 bridgehead atoms. The Labute approximate surface area is 126 Å². The van der Waals surface area contributed by atoms with Crippen molar-refractivity contribution in [1.82, 2.24) is 0 Å². The number of hydrogen-bond acceptors (Lipinski definition) is 5. The van der Waals surface area contributed by atoms with Gasteiger partial charge in [-0.05, 0) is 24.3 Å². The maximum absolute atomic E-state index is 14.1. The molecule has 0 heterocycles. The lowest BCUT2D eigenvalue weighted by atomic mass is 10.3. The van der Waals surface area contributed by atoms with Crippen molar-refractivity contribution >= 4 is 25.8 Å². The summed E-state index contributed by atoms with van der Waals surface area (Å²) in [7, 11) is -9.20. The van der Waals surface area contributed by atoms with Gasteiger partial charge in [-0.3, -0.25) is 10.1 Å². The molecule has 10 heteroatoms. The van der Waals surface area contributed by atoms with E-state index in [2.05, 4.69) is 3.77 Å². The smallest absolute Gasteiger partial charge is 0.258 e. The zero-order valence-electron chi connectivity index (χ0n) is 10.8. The second kappa shape index (κ2) is 5.81. The van der Waals surface area contributed by atoms with E-state index in [0.717, 1.165) is 36.4 Å². The lowest BCUT2D eigenvalue weighted by Crippen LogP contribution is -2.02. The van der Waals surface area contributed by atoms with Gasteiger partial charge in [-0.2, -0.15) is 8.42 Å². The predicted octanol–water partition coefficient (Wildman–Crippen LogP) is 2.70. The van der Waals surface area contributed by atoms with E-state index in [-0.39, 0.29) is 10.6 Å². The molecule has 0 saturated carbocycles. The lowest BCUT2D eigenvalue weighted by Gasteiger charge is -2.02. The maximum Gasteiger partial charge on any atom is 0.292 e. The Morgan fingerprint density at radius 1 is 0.909 bits per heavy atom. The van der Waals surface area contributed by atoms with Gasteiger partial charge in [0.25, 0.3) is 15.7 Å². The Hall–Kier alpha value is -2.33. The summed E-state index contributed by atoms with van der Waals surface area (Å²) < 4.78 is 52.6. The van der Waals surface area contributed by atoms with E-state index in [1.54, 1.807) is 6.07 Å². The van der Waals surface area contributed by atoms with Crippen molar-refractivity contribution in [1.29, 1.82) is 0 Å². The molecule has 1 unspecified atom stereocenters. The Kier molecular flexibility index (Phi) is 4.24. The SMILES string of the molecule is O=[N+]([O-])c1ccc(S(=O)(=O)N=S(=O)(F)c2ccccc2)cc1. The third kappa shape index (κ3) is 3.46. The third-order valence-corrected chi connectivity index (χ3v) is 5.85. The molecule has 0 saturated heterocycles. The topological polar surface area (TPSA) is 107 Å². The summed E-state index contributed by atoms with van der Waals surface area (Å²) in [4.78, 5) is 8.93. The monoisotopic (exact) mass is 344 g/mol. The van der Waals surface area contributed by atoms with E-state index in [1.807, 2.05) is 0 Å². The van der Waals surface area contributed by atoms with E-state index in [4.69, 9.17) is 0 Å². The second-order valence-corrected chi connectivity index (χ2v) is 7.48. The van der Waals surface area contributed by atoms with Crippen LogP contribution in [0.2, 0.25) is 0 Å². The zero-order valence-corrected chi connectivity index (χ0v) is 12.5. The van der Waals surface area contributed by atoms with Crippen molar-refractivity contribution in [2.24, 2.45) is 3.77 Å². The van der Waals surface area contributed by atoms with Crippen LogP contribution in [0.3, 0.4) is 0 Å². The molecule has 0 aromatic heterocycles. The molecule has 7 nitrogen and oxygen atoms in total. The normalized spacial score (nSPS) is 14.0. The van der Waals surface area contributed by atoms with Gasteiger partial charge in [0, 0.05) is 12.1 Å². The van der Waals surface area contributed by atoms with E-state index in [1.165, 1.54) is 12.1 Å². The fourth-order valence-electron chi connectivity index (χ4n) is 1.54. The average molecular weight is 344 g/mol. The van der Waals surface area contributed by atoms with Crippen LogP contribution in [-0.2, 0) is 20.1 Å². The molecule has 0 amide bonds. The summed E-state index contributed by atoms with van der Waals surface area (Å²) in [6, 6.07) is 10.3. The molecule has 1 atom stereocenters. The highest BCUT2D eigenvalue weighted by molar-refractivity contribution is 8.00. The maximum atomic E-state index is 14.1. The van der Waals surface area contributed by atoms with E-state index in [9.17, 15) is 26.6 Å². The first kappa shape index (κ1) is 16.0. The van der Waals surface area contributed by atoms with Crippen LogP contribution in [0.4, 0.5) is 9.57 Å². The molecule has 0 aliphatic carbocycles. The zero-order chi connectivity index (χ0) is 16.4. The number of benzene rings is 2. The van der Waals surface area contributed by atoms with Crippen molar-refractivity contribution in [2.75, 3.05) is 0 Å². The first-order valence-corrected chi connectivity index (χ1v) is 8.60. The van der Waals surface area contributed by atoms with E-state index in [0.29, 0.717) is 0 Å². The van der Waals surface area contributed by atoms with Crippen LogP contribution in [0, 0.1) is 10.1 Å². The molecule has 2 rings (SSSR count). The highest BCUT2D eigenvalue weighted by Gasteiger charge is 2.21. The summed E-state index contributed by atoms with van der Waals surface area (Å²) >= 11 is 0. The fourth-order valence-corrected chi connectivity index (χ4v) is 4.21. The lowest BCUT2D eigenvalue weighted by molar-refractivity contribution is -0.384. The number of halogens is 1. The van der Waals surface area contributed by atoms with Gasteiger partial charge in [-0.1, -0.05) is 22.0 Å². The highest BCUT2D eigenvalue weighted by Crippen LogP contribution is 2.22. The summed E-state index contributed by atoms with van der Waals surface area (Å²) in [6.45, 7) is 0. The van der Waals surface area contributed by atoms with Crippen molar-refractivity contribution in [3.05, 3.63) is 64.7 Å². The number of rotatable bonds is 4. The summed E-state index contributed by atoms with van der Waals surface area (Å²) in [5.74, 6) is 0. The highest BCUT2D eigenvalue weighted by atomic mass is 32.3. The van der Waals surface area contributed by atoms with Crippen LogP contribution in [-0.4, -0.2) is 17.6 Å². The molecule has 0 aliphatic rings. The number of sulfonamides is 1. The Balaban J connectivity index is 2.49. The summed E-state index contributed by atoms with van der Waals surface area (Å²) in [5.41, 5.74) is -0.331. The number of nitro groups is 1. The molecule has 22 heavy (non-hydrogen) atoms. The van der Waals surface area contributed by atoms with Crippen molar-refractivity contribution in [3.63, 3.8) is 0 Å². The van der Waals surface area contributed by atoms with Gasteiger partial charge in [-0.25, -0.2) is 4.21 Å². The minimum atomic E-state index is -4.64. The summed E-state index contributed by atoms with van der Waals surface area (Å²) in [5, 5.41) is 10.5. The van der Waals surface area contributed by atoms with Crippen molar-refractivity contribution < 1.29 is 21.4 Å². The fraction of sp³-hybridized carbons (Fsp3) is 0. The van der Waals surface area contributed by atoms with Crippen molar-refractivity contribution in [2.45, 2.75) is 9.79 Å². The number of non-ortho nitro benzene ring substituents is 1. The average Bonchev–Trinajstić information content (AvgIpc) is 2.47. The first-order valence-electron chi connectivity index (χ1n) is 5.75. The van der Waals surface area contributed by atoms with Crippen LogP contribution in [0.1, 0.15) is 0 Å². The van der Waals surface area contributed by atoms with Crippen LogP contribution in [0.5, 0.6) is 0 Å².